The Kier molecular flexibility index (Phi) is 17.0. The maximum Gasteiger partial charge on any atom is 0.324 e. The number of rotatable bonds is 15. The first-order chi connectivity index (χ1) is 34.5. The van der Waals surface area contributed by atoms with Crippen LogP contribution in [0.5, 0.6) is 5.75 Å². The molecule has 4 atom stereocenters. The van der Waals surface area contributed by atoms with Gasteiger partial charge in [-0.2, -0.15) is 0 Å². The first-order valence-corrected chi connectivity index (χ1v) is 28.9. The number of hydrogen-bond acceptors (Lipinski definition) is 10. The number of amides is 4. The Labute approximate surface area is 434 Å². The number of carbonyl (C=O) groups excluding carboxylic acids is 5. The number of nitrogens with zero attached hydrogens (tertiary/aromatic N) is 5. The predicted molar refractivity (Wildman–Crippen MR) is 290 cm³/mol. The van der Waals surface area contributed by atoms with Crippen LogP contribution in [0.25, 0.3) is 33.3 Å². The second-order valence-electron chi connectivity index (χ2n) is 22.9. The molecular weight excluding hydrogens is 937 g/mol. The highest BCUT2D eigenvalue weighted by Crippen LogP contribution is 2.45. The summed E-state index contributed by atoms with van der Waals surface area (Å²) in [6, 6.07) is 11.8. The van der Waals surface area contributed by atoms with Crippen LogP contribution in [0.15, 0.2) is 54.9 Å². The molecule has 4 amide bonds. The van der Waals surface area contributed by atoms with Crippen molar-refractivity contribution in [1.29, 1.82) is 0 Å². The molecule has 2 aromatic heterocycles. The zero-order valence-electron chi connectivity index (χ0n) is 46.0. The van der Waals surface area contributed by atoms with E-state index in [1.54, 1.807) is 14.1 Å². The Bertz CT molecular complexity index is 2670. The molecule has 396 valence electrons. The third-order valence-corrected chi connectivity index (χ3v) is 21.6. The highest BCUT2D eigenvalue weighted by atomic mass is 28.4. The lowest BCUT2D eigenvalue weighted by atomic mass is 9.84. The monoisotopic (exact) mass is 1020 g/mol. The minimum Gasteiger partial charge on any atom is -0.543 e. The molecule has 2 fully saturated rings. The summed E-state index contributed by atoms with van der Waals surface area (Å²) in [5.74, 6) is -1.61. The van der Waals surface area contributed by atoms with Crippen LogP contribution in [0.3, 0.4) is 0 Å². The lowest BCUT2D eigenvalue weighted by Crippen LogP contribution is -2.62. The minimum atomic E-state index is -2.52. The van der Waals surface area contributed by atoms with Crippen molar-refractivity contribution < 1.29 is 33.1 Å². The van der Waals surface area contributed by atoms with Gasteiger partial charge in [0.1, 0.15) is 23.9 Å². The number of nitrogens with one attached hydrogen (secondary N) is 3. The van der Waals surface area contributed by atoms with Gasteiger partial charge in [-0.25, -0.2) is 5.43 Å². The zero-order valence-corrected chi connectivity index (χ0v) is 47.0. The summed E-state index contributed by atoms with van der Waals surface area (Å²) < 4.78 is 16.0. The van der Waals surface area contributed by atoms with Gasteiger partial charge < -0.3 is 34.2 Å². The smallest absolute Gasteiger partial charge is 0.324 e. The Morgan fingerprint density at radius 1 is 0.959 bits per heavy atom. The number of carbonyl (C=O) groups is 5. The molecule has 3 aliphatic heterocycles. The topological polar surface area (TPSA) is 177 Å². The molecule has 7 rings (SSSR count). The molecule has 16 heteroatoms. The van der Waals surface area contributed by atoms with E-state index in [1.165, 1.54) is 20.4 Å². The maximum absolute atomic E-state index is 15.2. The molecule has 15 nitrogen and oxygen atoms in total. The van der Waals surface area contributed by atoms with Crippen molar-refractivity contribution in [3.8, 4) is 28.1 Å². The highest BCUT2D eigenvalue weighted by Gasteiger charge is 2.47. The molecule has 0 saturated carbocycles. The van der Waals surface area contributed by atoms with Crippen LogP contribution in [0.2, 0.25) is 16.6 Å². The summed E-state index contributed by atoms with van der Waals surface area (Å²) in [5, 5.41) is 8.65. The molecular formula is C57H82N8O7Si. The molecule has 6 bridgehead atoms. The van der Waals surface area contributed by atoms with Crippen molar-refractivity contribution in [3.63, 3.8) is 0 Å². The fraction of sp³-hybridized carbons (Fsp3) is 0.579. The van der Waals surface area contributed by atoms with Crippen LogP contribution in [-0.2, 0) is 54.5 Å². The van der Waals surface area contributed by atoms with Crippen molar-refractivity contribution in [2.24, 2.45) is 11.3 Å². The molecule has 3 N–H and O–H groups in total. The average molecular weight is 1020 g/mol. The predicted octanol–water partition coefficient (Wildman–Crippen LogP) is 8.07. The number of pyridine rings is 1. The summed E-state index contributed by atoms with van der Waals surface area (Å²) in [6.07, 6.45) is 6.33. The fourth-order valence-corrected chi connectivity index (χ4v) is 17.0. The van der Waals surface area contributed by atoms with Crippen molar-refractivity contribution in [2.75, 3.05) is 40.3 Å². The SMILES string of the molecule is CCc1ccncc1-c1c2c3cc(ccc3n1CC)-c1cc(cc(O[Si](C(C)C)(C(C)C)C(C)C)c1)C[C@H](NC(=O)[C@H](C(C)C)N(C)C(=O)CN(C)C(=O)[C@H]1CN1)C(=O)N1CCC[C@H](N1)C(=O)OCC(C)(C)C2. The second-order valence-corrected chi connectivity index (χ2v) is 28.2. The second kappa shape index (κ2) is 22.5. The number of hydrazine groups is 1. The Hall–Kier alpha value is -5.58. The van der Waals surface area contributed by atoms with Gasteiger partial charge in [0, 0.05) is 74.4 Å². The van der Waals surface area contributed by atoms with Gasteiger partial charge in [-0.3, -0.25) is 34.0 Å². The van der Waals surface area contributed by atoms with E-state index in [0.717, 1.165) is 57.4 Å². The van der Waals surface area contributed by atoms with E-state index in [0.29, 0.717) is 38.1 Å². The number of aryl methyl sites for hydroxylation is 2. The number of hydrogen-bond donors (Lipinski definition) is 3. The summed E-state index contributed by atoms with van der Waals surface area (Å²) >= 11 is 0. The summed E-state index contributed by atoms with van der Waals surface area (Å²) in [4.78, 5) is 78.1. The van der Waals surface area contributed by atoms with E-state index >= 15 is 4.79 Å². The van der Waals surface area contributed by atoms with E-state index in [4.69, 9.17) is 9.16 Å². The van der Waals surface area contributed by atoms with Gasteiger partial charge in [0.2, 0.25) is 17.7 Å². The van der Waals surface area contributed by atoms with Crippen molar-refractivity contribution in [1.82, 2.24) is 40.4 Å². The molecule has 0 aliphatic carbocycles. The van der Waals surface area contributed by atoms with Crippen LogP contribution in [0, 0.1) is 11.3 Å². The Balaban J connectivity index is 1.41. The van der Waals surface area contributed by atoms with E-state index in [1.807, 2.05) is 32.3 Å². The van der Waals surface area contributed by atoms with Gasteiger partial charge in [0.25, 0.3) is 14.2 Å². The van der Waals surface area contributed by atoms with Gasteiger partial charge in [-0.1, -0.05) is 88.3 Å². The molecule has 2 aromatic carbocycles. The van der Waals surface area contributed by atoms with E-state index in [9.17, 15) is 19.2 Å². The van der Waals surface area contributed by atoms with Crippen LogP contribution in [0.1, 0.15) is 113 Å². The molecule has 3 aliphatic rings. The first kappa shape index (κ1) is 55.2. The molecule has 0 unspecified atom stereocenters. The lowest BCUT2D eigenvalue weighted by Gasteiger charge is -2.42. The molecule has 0 radical (unpaired) electrons. The number of cyclic esters (lactones) is 1. The molecule has 5 heterocycles. The van der Waals surface area contributed by atoms with Gasteiger partial charge >= 0.3 is 5.97 Å². The number of ether oxygens (including phenoxy) is 1. The number of benzene rings is 2. The number of likely N-dealkylation sites (N-methyl/N-ethyl adjacent to an activating group) is 2. The summed E-state index contributed by atoms with van der Waals surface area (Å²) in [7, 11) is 0.623. The lowest BCUT2D eigenvalue weighted by molar-refractivity contribution is -0.155. The Morgan fingerprint density at radius 3 is 2.29 bits per heavy atom. The third kappa shape index (κ3) is 11.7. The van der Waals surface area contributed by atoms with Crippen LogP contribution in [0.4, 0.5) is 0 Å². The van der Waals surface area contributed by atoms with Crippen molar-refractivity contribution >= 4 is 48.8 Å². The van der Waals surface area contributed by atoms with Crippen molar-refractivity contribution in [2.45, 2.75) is 163 Å². The van der Waals surface area contributed by atoms with Crippen LogP contribution in [-0.4, -0.2) is 127 Å². The molecule has 4 aromatic rings. The van der Waals surface area contributed by atoms with Gasteiger partial charge in [-0.05, 0) is 113 Å². The van der Waals surface area contributed by atoms with E-state index in [2.05, 4.69) is 131 Å². The minimum absolute atomic E-state index is 0.0780. The van der Waals surface area contributed by atoms with Gasteiger partial charge in [0.05, 0.1) is 24.9 Å². The zero-order chi connectivity index (χ0) is 53.3. The van der Waals surface area contributed by atoms with Crippen molar-refractivity contribution in [3.05, 3.63) is 71.5 Å². The average Bonchev–Trinajstić information content (AvgIpc) is 4.16. The standard InChI is InChI=1S/C57H82N8O7Si/c1-15-39-21-22-58-30-45(39)52-44-29-57(11,12)33-71-56(70)46-18-17-23-65(61-46)55(69)47(60-53(67)51(34(3)4)63(14)50(66)32-62(13)54(68)48-31-59-48)26-38-24-41(40-19-20-49(43(44)28-40)64(52)16-2)27-42(25-38)72-73(35(5)6,36(7)8)37(9)10/h19-22,24-25,27-28,30,34-37,46-48,51,59,61H,15-18,23,26,29,31-33H2,1-14H3,(H,60,67)/t46-,47-,48+,51-/m0/s1. The van der Waals surface area contributed by atoms with E-state index in [-0.39, 0.29) is 54.1 Å². The van der Waals surface area contributed by atoms with Gasteiger partial charge in [-0.15, -0.1) is 0 Å². The van der Waals surface area contributed by atoms with Crippen LogP contribution >= 0.6 is 0 Å². The molecule has 0 spiro atoms. The number of esters is 1. The Morgan fingerprint density at radius 2 is 1.66 bits per heavy atom. The van der Waals surface area contributed by atoms with Crippen LogP contribution < -0.4 is 20.5 Å². The normalized spacial score (nSPS) is 19.8. The third-order valence-electron chi connectivity index (χ3n) is 15.6. The fourth-order valence-electron chi connectivity index (χ4n) is 11.8. The quantitative estimate of drug-likeness (QED) is 0.0600. The number of fused-ring (bicyclic) bond motifs is 6. The first-order valence-electron chi connectivity index (χ1n) is 26.7. The highest BCUT2D eigenvalue weighted by molar-refractivity contribution is 6.78. The van der Waals surface area contributed by atoms with E-state index < -0.39 is 55.5 Å². The maximum atomic E-state index is 15.2. The van der Waals surface area contributed by atoms with Gasteiger partial charge in [0.15, 0.2) is 0 Å². The summed E-state index contributed by atoms with van der Waals surface area (Å²) in [5.41, 5.74) is 11.8. The largest absolute Gasteiger partial charge is 0.543 e. The molecule has 2 saturated heterocycles. The number of aromatic nitrogens is 2. The summed E-state index contributed by atoms with van der Waals surface area (Å²) in [6.45, 7) is 27.4. The molecule has 73 heavy (non-hydrogen) atoms.